The molecule has 0 aliphatic carbocycles. The molecule has 7 heteroatoms. The SMILES string of the molecule is CC(C)CN1C(=N)/C(=C(\NCc2ccccc2)Nc2ccccc2)C(=O)N(C)C1=O. The fraction of sp³-hybridized carbons (Fsp3) is 0.261. The van der Waals surface area contributed by atoms with E-state index in [0.717, 1.165) is 16.2 Å². The largest absolute Gasteiger partial charge is 0.367 e. The molecule has 0 spiro atoms. The van der Waals surface area contributed by atoms with Gasteiger partial charge in [-0.05, 0) is 23.6 Å². The monoisotopic (exact) mass is 405 g/mol. The van der Waals surface area contributed by atoms with Gasteiger partial charge in [-0.1, -0.05) is 62.4 Å². The van der Waals surface area contributed by atoms with Crippen molar-refractivity contribution in [2.24, 2.45) is 5.92 Å². The summed E-state index contributed by atoms with van der Waals surface area (Å²) < 4.78 is 0. The molecule has 1 heterocycles. The van der Waals surface area contributed by atoms with Crippen molar-refractivity contribution < 1.29 is 9.59 Å². The first-order chi connectivity index (χ1) is 14.4. The van der Waals surface area contributed by atoms with E-state index in [0.29, 0.717) is 18.9 Å². The molecule has 0 bridgehead atoms. The molecule has 2 aromatic carbocycles. The summed E-state index contributed by atoms with van der Waals surface area (Å²) >= 11 is 0. The van der Waals surface area contributed by atoms with Crippen molar-refractivity contribution in [3.8, 4) is 0 Å². The van der Waals surface area contributed by atoms with Crippen molar-refractivity contribution in [2.45, 2.75) is 20.4 Å². The highest BCUT2D eigenvalue weighted by Gasteiger charge is 2.39. The molecule has 0 aromatic heterocycles. The molecule has 0 radical (unpaired) electrons. The van der Waals surface area contributed by atoms with Crippen LogP contribution >= 0.6 is 0 Å². The van der Waals surface area contributed by atoms with E-state index in [1.165, 1.54) is 11.9 Å². The number of likely N-dealkylation sites (N-methyl/N-ethyl adjacent to an activating group) is 1. The number of hydrogen-bond acceptors (Lipinski definition) is 5. The molecule has 3 amide bonds. The van der Waals surface area contributed by atoms with E-state index >= 15 is 0 Å². The average molecular weight is 406 g/mol. The van der Waals surface area contributed by atoms with E-state index in [1.807, 2.05) is 74.5 Å². The molecular formula is C23H27N5O2. The number of imide groups is 1. The van der Waals surface area contributed by atoms with Crippen molar-refractivity contribution in [1.82, 2.24) is 15.1 Å². The van der Waals surface area contributed by atoms with Crippen LogP contribution in [-0.2, 0) is 11.3 Å². The highest BCUT2D eigenvalue weighted by molar-refractivity contribution is 6.30. The number of amidine groups is 1. The Hall–Kier alpha value is -3.61. The summed E-state index contributed by atoms with van der Waals surface area (Å²) in [7, 11) is 1.45. The lowest BCUT2D eigenvalue weighted by Gasteiger charge is -2.35. The van der Waals surface area contributed by atoms with Crippen LogP contribution in [0.3, 0.4) is 0 Å². The Kier molecular flexibility index (Phi) is 6.51. The fourth-order valence-electron chi connectivity index (χ4n) is 3.17. The number of urea groups is 1. The Morgan fingerprint density at radius 2 is 1.60 bits per heavy atom. The predicted octanol–water partition coefficient (Wildman–Crippen LogP) is 3.63. The van der Waals surface area contributed by atoms with Gasteiger partial charge in [-0.25, -0.2) is 4.79 Å². The lowest BCUT2D eigenvalue weighted by Crippen LogP contribution is -2.56. The molecule has 1 aliphatic rings. The second kappa shape index (κ2) is 9.26. The predicted molar refractivity (Wildman–Crippen MR) is 118 cm³/mol. The van der Waals surface area contributed by atoms with Crippen LogP contribution in [0.15, 0.2) is 72.1 Å². The summed E-state index contributed by atoms with van der Waals surface area (Å²) in [5.74, 6) is -0.0621. The Bertz CT molecular complexity index is 954. The molecule has 30 heavy (non-hydrogen) atoms. The number of rotatable bonds is 7. The number of amides is 3. The van der Waals surface area contributed by atoms with Gasteiger partial charge in [-0.2, -0.15) is 0 Å². The normalized spacial score (nSPS) is 16.2. The minimum atomic E-state index is -0.510. The molecule has 0 unspecified atom stereocenters. The topological polar surface area (TPSA) is 88.5 Å². The van der Waals surface area contributed by atoms with Crippen molar-refractivity contribution in [1.29, 1.82) is 5.41 Å². The zero-order chi connectivity index (χ0) is 21.7. The van der Waals surface area contributed by atoms with E-state index in [1.54, 1.807) is 0 Å². The Balaban J connectivity index is 2.01. The van der Waals surface area contributed by atoms with Crippen LogP contribution in [-0.4, -0.2) is 41.2 Å². The maximum absolute atomic E-state index is 13.0. The number of carbonyl (C=O) groups excluding carboxylic acids is 2. The van der Waals surface area contributed by atoms with E-state index in [-0.39, 0.29) is 17.3 Å². The molecular weight excluding hydrogens is 378 g/mol. The van der Waals surface area contributed by atoms with Gasteiger partial charge in [0, 0.05) is 25.8 Å². The highest BCUT2D eigenvalue weighted by atomic mass is 16.2. The summed E-state index contributed by atoms with van der Waals surface area (Å²) in [6.07, 6.45) is 0. The van der Waals surface area contributed by atoms with E-state index in [4.69, 9.17) is 5.41 Å². The van der Waals surface area contributed by atoms with Crippen LogP contribution in [0.1, 0.15) is 19.4 Å². The second-order valence-electron chi connectivity index (χ2n) is 7.58. The number of nitrogens with one attached hydrogen (secondary N) is 3. The van der Waals surface area contributed by atoms with Gasteiger partial charge < -0.3 is 10.6 Å². The number of benzene rings is 2. The lowest BCUT2D eigenvalue weighted by atomic mass is 10.1. The van der Waals surface area contributed by atoms with Gasteiger partial charge in [0.15, 0.2) is 0 Å². The summed E-state index contributed by atoms with van der Waals surface area (Å²) in [5, 5.41) is 15.1. The van der Waals surface area contributed by atoms with Crippen LogP contribution in [0.2, 0.25) is 0 Å². The van der Waals surface area contributed by atoms with Gasteiger partial charge in [-0.15, -0.1) is 0 Å². The zero-order valence-corrected chi connectivity index (χ0v) is 17.5. The van der Waals surface area contributed by atoms with Gasteiger partial charge in [0.2, 0.25) is 0 Å². The van der Waals surface area contributed by atoms with Gasteiger partial charge >= 0.3 is 6.03 Å². The molecule has 3 N–H and O–H groups in total. The third-order valence-electron chi connectivity index (χ3n) is 4.70. The van der Waals surface area contributed by atoms with Crippen molar-refractivity contribution in [3.05, 3.63) is 77.6 Å². The summed E-state index contributed by atoms with van der Waals surface area (Å²) in [4.78, 5) is 28.0. The molecule has 1 aliphatic heterocycles. The van der Waals surface area contributed by atoms with E-state index < -0.39 is 11.9 Å². The summed E-state index contributed by atoms with van der Waals surface area (Å²) in [5.41, 5.74) is 1.94. The third kappa shape index (κ3) is 4.68. The molecule has 0 atom stereocenters. The average Bonchev–Trinajstić information content (AvgIpc) is 2.75. The molecule has 7 nitrogen and oxygen atoms in total. The van der Waals surface area contributed by atoms with Crippen LogP contribution in [0.4, 0.5) is 10.5 Å². The van der Waals surface area contributed by atoms with Crippen molar-refractivity contribution in [3.63, 3.8) is 0 Å². The maximum atomic E-state index is 13.0. The number of hydrogen-bond donors (Lipinski definition) is 3. The molecule has 1 saturated heterocycles. The molecule has 2 aromatic rings. The third-order valence-corrected chi connectivity index (χ3v) is 4.70. The van der Waals surface area contributed by atoms with Crippen LogP contribution in [0, 0.1) is 11.3 Å². The van der Waals surface area contributed by atoms with Crippen LogP contribution in [0.5, 0.6) is 0 Å². The minimum absolute atomic E-state index is 0.101. The lowest BCUT2D eigenvalue weighted by molar-refractivity contribution is -0.123. The standard InChI is InChI=1S/C23H27N5O2/c1-16(2)15-28-20(24)19(22(29)27(3)23(28)30)21(26-18-12-8-5-9-13-18)25-14-17-10-6-4-7-11-17/h4-13,16,24-26H,14-15H2,1-3H3/b21-19-,24-20?. The highest BCUT2D eigenvalue weighted by Crippen LogP contribution is 2.21. The number of nitrogens with zero attached hydrogens (tertiary/aromatic N) is 2. The van der Waals surface area contributed by atoms with Gasteiger partial charge in [-0.3, -0.25) is 20.0 Å². The Labute approximate surface area is 176 Å². The first-order valence-electron chi connectivity index (χ1n) is 9.91. The zero-order valence-electron chi connectivity index (χ0n) is 17.5. The first kappa shape index (κ1) is 21.1. The van der Waals surface area contributed by atoms with Crippen LogP contribution < -0.4 is 10.6 Å². The second-order valence-corrected chi connectivity index (χ2v) is 7.58. The van der Waals surface area contributed by atoms with Gasteiger partial charge in [0.25, 0.3) is 5.91 Å². The number of anilines is 1. The van der Waals surface area contributed by atoms with E-state index in [2.05, 4.69) is 10.6 Å². The fourth-order valence-corrected chi connectivity index (χ4v) is 3.17. The molecule has 0 saturated carbocycles. The van der Waals surface area contributed by atoms with Crippen LogP contribution in [0.25, 0.3) is 0 Å². The Morgan fingerprint density at radius 3 is 2.20 bits per heavy atom. The first-order valence-corrected chi connectivity index (χ1v) is 9.91. The molecule has 1 fully saturated rings. The van der Waals surface area contributed by atoms with Gasteiger partial charge in [0.05, 0.1) is 0 Å². The molecule has 156 valence electrons. The maximum Gasteiger partial charge on any atom is 0.332 e. The van der Waals surface area contributed by atoms with Crippen molar-refractivity contribution >= 4 is 23.5 Å². The van der Waals surface area contributed by atoms with Gasteiger partial charge in [0.1, 0.15) is 17.2 Å². The van der Waals surface area contributed by atoms with Crippen molar-refractivity contribution in [2.75, 3.05) is 18.9 Å². The smallest absolute Gasteiger partial charge is 0.332 e. The summed E-state index contributed by atoms with van der Waals surface area (Å²) in [6, 6.07) is 18.7. The van der Waals surface area contributed by atoms with E-state index in [9.17, 15) is 9.59 Å². The quantitative estimate of drug-likeness (QED) is 0.614. The number of carbonyl (C=O) groups is 2. The summed E-state index contributed by atoms with van der Waals surface area (Å²) in [6.45, 7) is 4.76. The number of para-hydroxylation sites is 1. The Morgan fingerprint density at radius 1 is 1.00 bits per heavy atom. The minimum Gasteiger partial charge on any atom is -0.367 e. The molecule has 3 rings (SSSR count).